The predicted octanol–water partition coefficient (Wildman–Crippen LogP) is 3.50. The number of aromatic nitrogens is 1. The summed E-state index contributed by atoms with van der Waals surface area (Å²) in [5.74, 6) is -0.00143. The lowest BCUT2D eigenvalue weighted by atomic mass is 10.2. The van der Waals surface area contributed by atoms with Crippen LogP contribution < -0.4 is 15.0 Å². The first-order valence-electron chi connectivity index (χ1n) is 11.3. The number of carbonyl (C=O) groups excluding carboxylic acids is 2. The summed E-state index contributed by atoms with van der Waals surface area (Å²) in [6.45, 7) is 6.33. The van der Waals surface area contributed by atoms with Gasteiger partial charge in [0.1, 0.15) is 11.4 Å². The van der Waals surface area contributed by atoms with Crippen LogP contribution in [0.2, 0.25) is 0 Å². The first-order chi connectivity index (χ1) is 16.1. The molecule has 1 aliphatic rings. The Hall–Kier alpha value is -3.52. The van der Waals surface area contributed by atoms with Crippen molar-refractivity contribution in [2.24, 2.45) is 0 Å². The van der Waals surface area contributed by atoms with Gasteiger partial charge >= 0.3 is 5.97 Å². The largest absolute Gasteiger partial charge is 0.497 e. The molecule has 0 atom stereocenters. The third-order valence-corrected chi connectivity index (χ3v) is 5.90. The van der Waals surface area contributed by atoms with Crippen LogP contribution in [0.5, 0.6) is 5.75 Å². The highest BCUT2D eigenvalue weighted by Crippen LogP contribution is 2.31. The number of ether oxygens (including phenoxy) is 2. The van der Waals surface area contributed by atoms with E-state index in [1.807, 2.05) is 12.1 Å². The van der Waals surface area contributed by atoms with Crippen molar-refractivity contribution in [2.45, 2.75) is 13.3 Å². The van der Waals surface area contributed by atoms with Gasteiger partial charge in [0.25, 0.3) is 0 Å². The van der Waals surface area contributed by atoms with E-state index in [9.17, 15) is 9.59 Å². The second kappa shape index (κ2) is 10.4. The minimum atomic E-state index is -0.500. The van der Waals surface area contributed by atoms with Gasteiger partial charge in [-0.25, -0.2) is 4.79 Å². The fourth-order valence-corrected chi connectivity index (χ4v) is 4.11. The third kappa shape index (κ3) is 5.28. The molecule has 33 heavy (non-hydrogen) atoms. The van der Waals surface area contributed by atoms with Crippen LogP contribution in [0.15, 0.2) is 48.5 Å². The third-order valence-electron chi connectivity index (χ3n) is 5.90. The van der Waals surface area contributed by atoms with Crippen LogP contribution in [-0.4, -0.2) is 68.2 Å². The minimum absolute atomic E-state index is 0.144. The van der Waals surface area contributed by atoms with Crippen molar-refractivity contribution in [1.82, 2.24) is 9.88 Å². The molecule has 0 aliphatic carbocycles. The number of benzene rings is 2. The van der Waals surface area contributed by atoms with Gasteiger partial charge in [0.15, 0.2) is 0 Å². The van der Waals surface area contributed by atoms with E-state index < -0.39 is 5.97 Å². The zero-order chi connectivity index (χ0) is 23.2. The molecule has 8 nitrogen and oxygen atoms in total. The molecule has 3 aromatic rings. The number of nitrogens with one attached hydrogen (secondary N) is 2. The molecule has 8 heteroatoms. The first-order valence-corrected chi connectivity index (χ1v) is 11.3. The van der Waals surface area contributed by atoms with Crippen LogP contribution in [0.25, 0.3) is 10.9 Å². The lowest BCUT2D eigenvalue weighted by Crippen LogP contribution is -2.47. The Morgan fingerprint density at radius 3 is 2.52 bits per heavy atom. The first kappa shape index (κ1) is 22.7. The number of H-pyrrole nitrogens is 1. The van der Waals surface area contributed by atoms with Crippen LogP contribution in [0, 0.1) is 0 Å². The normalized spacial score (nSPS) is 14.3. The molecule has 174 valence electrons. The minimum Gasteiger partial charge on any atom is -0.497 e. The molecule has 2 heterocycles. The Balaban J connectivity index is 1.39. The van der Waals surface area contributed by atoms with E-state index >= 15 is 0 Å². The van der Waals surface area contributed by atoms with Crippen molar-refractivity contribution in [3.8, 4) is 5.75 Å². The smallest absolute Gasteiger partial charge is 0.356 e. The maximum absolute atomic E-state index is 12.8. The maximum atomic E-state index is 12.8. The van der Waals surface area contributed by atoms with Gasteiger partial charge in [-0.05, 0) is 37.3 Å². The molecule has 1 saturated heterocycles. The van der Waals surface area contributed by atoms with Crippen LogP contribution in [0.4, 0.5) is 11.4 Å². The van der Waals surface area contributed by atoms with Crippen molar-refractivity contribution in [3.63, 3.8) is 0 Å². The van der Waals surface area contributed by atoms with Gasteiger partial charge in [0.05, 0.1) is 19.4 Å². The average molecular weight is 451 g/mol. The Kier molecular flexibility index (Phi) is 7.14. The number of fused-ring (bicyclic) bond motifs is 1. The molecule has 2 aromatic carbocycles. The summed E-state index contributed by atoms with van der Waals surface area (Å²) in [7, 11) is 1.58. The number of anilines is 2. The number of hydrogen-bond donors (Lipinski definition) is 2. The van der Waals surface area contributed by atoms with Crippen molar-refractivity contribution >= 4 is 34.2 Å². The number of methoxy groups -OCH3 is 1. The number of amides is 1. The van der Waals surface area contributed by atoms with Crippen molar-refractivity contribution < 1.29 is 19.1 Å². The van der Waals surface area contributed by atoms with Crippen molar-refractivity contribution in [1.29, 1.82) is 0 Å². The Labute approximate surface area is 193 Å². The number of hydrogen-bond acceptors (Lipinski definition) is 6. The van der Waals surface area contributed by atoms with Crippen molar-refractivity contribution in [2.75, 3.05) is 56.7 Å². The number of nitrogens with zero attached hydrogens (tertiary/aromatic N) is 2. The highest BCUT2D eigenvalue weighted by atomic mass is 16.5. The Morgan fingerprint density at radius 2 is 1.82 bits per heavy atom. The standard InChI is InChI=1S/C25H30N4O4/c1-3-33-25(31)24-23(20-17-19(32-2)9-10-21(20)26-24)27-22(30)11-12-28-13-15-29(16-14-28)18-7-5-4-6-8-18/h4-10,17,26H,3,11-16H2,1-2H3,(H,27,30). The molecule has 1 amide bonds. The highest BCUT2D eigenvalue weighted by molar-refractivity contribution is 6.11. The van der Waals surface area contributed by atoms with Gasteiger partial charge < -0.3 is 24.7 Å². The summed E-state index contributed by atoms with van der Waals surface area (Å²) < 4.78 is 10.5. The fourth-order valence-electron chi connectivity index (χ4n) is 4.11. The summed E-state index contributed by atoms with van der Waals surface area (Å²) >= 11 is 0. The Morgan fingerprint density at radius 1 is 1.06 bits per heavy atom. The van der Waals surface area contributed by atoms with E-state index in [0.29, 0.717) is 29.8 Å². The van der Waals surface area contributed by atoms with Crippen LogP contribution in [-0.2, 0) is 9.53 Å². The van der Waals surface area contributed by atoms with Crippen molar-refractivity contribution in [3.05, 3.63) is 54.2 Å². The quantitative estimate of drug-likeness (QED) is 0.511. The zero-order valence-corrected chi connectivity index (χ0v) is 19.1. The van der Waals surface area contributed by atoms with Gasteiger partial charge in [0, 0.05) is 55.7 Å². The highest BCUT2D eigenvalue weighted by Gasteiger charge is 2.22. The topological polar surface area (TPSA) is 86.9 Å². The molecular formula is C25H30N4O4. The van der Waals surface area contributed by atoms with Gasteiger partial charge in [-0.3, -0.25) is 9.69 Å². The van der Waals surface area contributed by atoms with E-state index in [0.717, 1.165) is 31.7 Å². The lowest BCUT2D eigenvalue weighted by molar-refractivity contribution is -0.116. The number of para-hydroxylation sites is 1. The second-order valence-electron chi connectivity index (χ2n) is 7.97. The molecule has 4 rings (SSSR count). The maximum Gasteiger partial charge on any atom is 0.356 e. The number of piperazine rings is 1. The molecule has 0 spiro atoms. The van der Waals surface area contributed by atoms with E-state index in [-0.39, 0.29) is 18.2 Å². The molecule has 0 radical (unpaired) electrons. The average Bonchev–Trinajstić information content (AvgIpc) is 3.21. The van der Waals surface area contributed by atoms with E-state index in [2.05, 4.69) is 44.4 Å². The molecule has 1 aliphatic heterocycles. The molecule has 0 unspecified atom stereocenters. The molecule has 0 saturated carbocycles. The molecule has 0 bridgehead atoms. The summed E-state index contributed by atoms with van der Waals surface area (Å²) in [6.07, 6.45) is 0.338. The zero-order valence-electron chi connectivity index (χ0n) is 19.1. The van der Waals surface area contributed by atoms with Gasteiger partial charge in [-0.1, -0.05) is 18.2 Å². The van der Waals surface area contributed by atoms with Crippen LogP contribution >= 0.6 is 0 Å². The number of rotatable bonds is 8. The summed E-state index contributed by atoms with van der Waals surface area (Å²) in [5, 5.41) is 3.65. The second-order valence-corrected chi connectivity index (χ2v) is 7.97. The van der Waals surface area contributed by atoms with Gasteiger partial charge in [-0.15, -0.1) is 0 Å². The van der Waals surface area contributed by atoms with E-state index in [1.54, 1.807) is 26.2 Å². The summed E-state index contributed by atoms with van der Waals surface area (Å²) in [4.78, 5) is 33.0. The fraction of sp³-hybridized carbons (Fsp3) is 0.360. The molecular weight excluding hydrogens is 420 g/mol. The lowest BCUT2D eigenvalue weighted by Gasteiger charge is -2.36. The number of esters is 1. The summed E-state index contributed by atoms with van der Waals surface area (Å²) in [6, 6.07) is 15.8. The Bertz CT molecular complexity index is 1100. The van der Waals surface area contributed by atoms with Gasteiger partial charge in [0.2, 0.25) is 5.91 Å². The molecule has 1 fully saturated rings. The predicted molar refractivity (Wildman–Crippen MR) is 129 cm³/mol. The van der Waals surface area contributed by atoms with Gasteiger partial charge in [-0.2, -0.15) is 0 Å². The van der Waals surface area contributed by atoms with Crippen LogP contribution in [0.3, 0.4) is 0 Å². The summed E-state index contributed by atoms with van der Waals surface area (Å²) in [5.41, 5.74) is 2.63. The van der Waals surface area contributed by atoms with Crippen LogP contribution in [0.1, 0.15) is 23.8 Å². The van der Waals surface area contributed by atoms with E-state index in [4.69, 9.17) is 9.47 Å². The number of aromatic amines is 1. The molecule has 2 N–H and O–H groups in total. The SMILES string of the molecule is CCOC(=O)c1[nH]c2ccc(OC)cc2c1NC(=O)CCN1CCN(c2ccccc2)CC1. The van der Waals surface area contributed by atoms with E-state index in [1.165, 1.54) is 5.69 Å². The number of carbonyl (C=O) groups is 2. The monoisotopic (exact) mass is 450 g/mol. The molecule has 1 aromatic heterocycles.